The van der Waals surface area contributed by atoms with Crippen LogP contribution in [0.25, 0.3) is 0 Å². The van der Waals surface area contributed by atoms with Gasteiger partial charge in [0.1, 0.15) is 11.8 Å². The number of anilines is 1. The van der Waals surface area contributed by atoms with Crippen molar-refractivity contribution in [2.24, 2.45) is 16.9 Å². The number of hydrogen-bond donors (Lipinski definition) is 0. The summed E-state index contributed by atoms with van der Waals surface area (Å²) in [5.41, 5.74) is 0.927. The third-order valence-electron chi connectivity index (χ3n) is 7.05. The molecule has 2 fully saturated rings. The van der Waals surface area contributed by atoms with Crippen molar-refractivity contribution in [3.05, 3.63) is 71.8 Å². The average Bonchev–Trinajstić information content (AvgIpc) is 3.41. The predicted molar refractivity (Wildman–Crippen MR) is 140 cm³/mol. The largest absolute Gasteiger partial charge is 0.462 e. The monoisotopic (exact) mass is 529 g/mol. The van der Waals surface area contributed by atoms with Crippen LogP contribution in [-0.2, 0) is 19.1 Å². The number of ketones is 1. The molecule has 3 aliphatic heterocycles. The van der Waals surface area contributed by atoms with Crippen LogP contribution in [0.15, 0.2) is 65.8 Å². The molecule has 0 aromatic heterocycles. The quantitative estimate of drug-likeness (QED) is 0.168. The standard InChI is InChI=1S/C29H27N3O7/c1-3-4-16-38-29(37)19-7-11-20(12-8-19)31-27(35)23-22-6-5-15-30-32(22)25(24(23)28(31)36)26(34)18-9-13-21(14-10-18)39-17(2)33/h5-15,22-25H,3-4,16H2,1-2H3/t22-,23+,24-,25+/m1/s1. The Labute approximate surface area is 224 Å². The van der Waals surface area contributed by atoms with Gasteiger partial charge in [-0.1, -0.05) is 19.4 Å². The van der Waals surface area contributed by atoms with Gasteiger partial charge in [-0.15, -0.1) is 0 Å². The number of hydrazone groups is 1. The zero-order valence-electron chi connectivity index (χ0n) is 21.5. The third-order valence-corrected chi connectivity index (χ3v) is 7.05. The smallest absolute Gasteiger partial charge is 0.338 e. The number of carbonyl (C=O) groups excluding carboxylic acids is 5. The molecular weight excluding hydrogens is 502 g/mol. The van der Waals surface area contributed by atoms with Gasteiger partial charge in [-0.2, -0.15) is 5.10 Å². The molecule has 0 N–H and O–H groups in total. The zero-order valence-corrected chi connectivity index (χ0v) is 21.5. The first-order valence-electron chi connectivity index (χ1n) is 12.8. The normalized spacial score (nSPS) is 23.0. The number of amides is 2. The lowest BCUT2D eigenvalue weighted by atomic mass is 9.86. The summed E-state index contributed by atoms with van der Waals surface area (Å²) in [7, 11) is 0. The van der Waals surface area contributed by atoms with Crippen molar-refractivity contribution in [3.8, 4) is 5.75 Å². The fourth-order valence-electron chi connectivity index (χ4n) is 5.25. The van der Waals surface area contributed by atoms with E-state index in [9.17, 15) is 24.0 Å². The van der Waals surface area contributed by atoms with E-state index in [1.807, 2.05) is 6.92 Å². The highest BCUT2D eigenvalue weighted by atomic mass is 16.5. The first kappa shape index (κ1) is 26.0. The Hall–Kier alpha value is -4.60. The molecule has 10 heteroatoms. The molecule has 0 saturated carbocycles. The molecular formula is C29H27N3O7. The molecule has 4 atom stereocenters. The lowest BCUT2D eigenvalue weighted by molar-refractivity contribution is -0.132. The highest BCUT2D eigenvalue weighted by Gasteiger charge is 2.64. The van der Waals surface area contributed by atoms with Gasteiger partial charge in [0.2, 0.25) is 11.8 Å². The first-order chi connectivity index (χ1) is 18.8. The SMILES string of the molecule is CCCCOC(=O)c1ccc(N2C(=O)[C@@H]3[C@@H](C2=O)[C@@H](C(=O)c2ccc(OC(C)=O)cc2)N2N=CC=C[C@H]32)cc1. The summed E-state index contributed by atoms with van der Waals surface area (Å²) in [6, 6.07) is 10.6. The number of hydrogen-bond acceptors (Lipinski definition) is 9. The van der Waals surface area contributed by atoms with Crippen molar-refractivity contribution < 1.29 is 33.4 Å². The van der Waals surface area contributed by atoms with E-state index in [-0.39, 0.29) is 11.5 Å². The van der Waals surface area contributed by atoms with Crippen molar-refractivity contribution in [2.45, 2.75) is 38.8 Å². The molecule has 0 aliphatic carbocycles. The van der Waals surface area contributed by atoms with Gasteiger partial charge in [-0.25, -0.2) is 9.69 Å². The van der Waals surface area contributed by atoms with Crippen LogP contribution in [-0.4, -0.2) is 59.5 Å². The maximum atomic E-state index is 13.8. The number of carbonyl (C=O) groups is 5. The van der Waals surface area contributed by atoms with Gasteiger partial charge in [0.05, 0.1) is 35.7 Å². The average molecular weight is 530 g/mol. The fraction of sp³-hybridized carbons (Fsp3) is 0.310. The molecule has 0 unspecified atom stereocenters. The second-order valence-corrected chi connectivity index (χ2v) is 9.55. The first-order valence-corrected chi connectivity index (χ1v) is 12.8. The van der Waals surface area contributed by atoms with Gasteiger partial charge in [-0.05, 0) is 61.0 Å². The second-order valence-electron chi connectivity index (χ2n) is 9.55. The summed E-state index contributed by atoms with van der Waals surface area (Å²) in [6.07, 6.45) is 6.64. The van der Waals surface area contributed by atoms with E-state index in [0.29, 0.717) is 23.4 Å². The number of benzene rings is 2. The van der Waals surface area contributed by atoms with Gasteiger partial charge in [0.15, 0.2) is 5.78 Å². The summed E-state index contributed by atoms with van der Waals surface area (Å²) in [5.74, 6) is -3.74. The molecule has 200 valence electrons. The minimum absolute atomic E-state index is 0.288. The van der Waals surface area contributed by atoms with Gasteiger partial charge < -0.3 is 9.47 Å². The minimum atomic E-state index is -1.00. The zero-order chi connectivity index (χ0) is 27.7. The van der Waals surface area contributed by atoms with Gasteiger partial charge >= 0.3 is 11.9 Å². The molecule has 0 spiro atoms. The molecule has 39 heavy (non-hydrogen) atoms. The Kier molecular flexibility index (Phi) is 7.10. The molecule has 10 nitrogen and oxygen atoms in total. The number of esters is 2. The Morgan fingerprint density at radius 2 is 1.59 bits per heavy atom. The van der Waals surface area contributed by atoms with Crippen molar-refractivity contribution in [3.63, 3.8) is 0 Å². The molecule has 0 radical (unpaired) electrons. The summed E-state index contributed by atoms with van der Waals surface area (Å²) < 4.78 is 10.3. The van der Waals surface area contributed by atoms with E-state index in [0.717, 1.165) is 17.7 Å². The summed E-state index contributed by atoms with van der Waals surface area (Å²) in [4.78, 5) is 65.7. The molecule has 2 aromatic rings. The van der Waals surface area contributed by atoms with Crippen molar-refractivity contribution >= 4 is 41.4 Å². The van der Waals surface area contributed by atoms with Gasteiger partial charge in [0.25, 0.3) is 0 Å². The Balaban J connectivity index is 1.41. The number of nitrogens with zero attached hydrogens (tertiary/aromatic N) is 3. The van der Waals surface area contributed by atoms with E-state index in [2.05, 4.69) is 5.10 Å². The molecule has 2 amide bonds. The second kappa shape index (κ2) is 10.6. The number of unbranched alkanes of at least 4 members (excludes halogenated alkanes) is 1. The van der Waals surface area contributed by atoms with E-state index in [1.54, 1.807) is 12.2 Å². The maximum absolute atomic E-state index is 13.8. The number of imide groups is 1. The lowest BCUT2D eigenvalue weighted by Crippen LogP contribution is -2.46. The summed E-state index contributed by atoms with van der Waals surface area (Å²) in [6.45, 7) is 3.59. The van der Waals surface area contributed by atoms with Crippen LogP contribution in [0.1, 0.15) is 47.4 Å². The van der Waals surface area contributed by atoms with E-state index < -0.39 is 47.7 Å². The van der Waals surface area contributed by atoms with Crippen molar-refractivity contribution in [1.82, 2.24) is 5.01 Å². The van der Waals surface area contributed by atoms with Crippen LogP contribution in [0.4, 0.5) is 5.69 Å². The van der Waals surface area contributed by atoms with Crippen LogP contribution in [0.2, 0.25) is 0 Å². The maximum Gasteiger partial charge on any atom is 0.338 e. The number of allylic oxidation sites excluding steroid dienone is 1. The minimum Gasteiger partial charge on any atom is -0.462 e. The lowest BCUT2D eigenvalue weighted by Gasteiger charge is -2.30. The highest BCUT2D eigenvalue weighted by Crippen LogP contribution is 2.46. The molecule has 2 aromatic carbocycles. The van der Waals surface area contributed by atoms with Crippen LogP contribution >= 0.6 is 0 Å². The predicted octanol–water partition coefficient (Wildman–Crippen LogP) is 3.17. The Morgan fingerprint density at radius 1 is 0.923 bits per heavy atom. The third kappa shape index (κ3) is 4.73. The fourth-order valence-corrected chi connectivity index (χ4v) is 5.25. The van der Waals surface area contributed by atoms with Gasteiger partial charge in [-0.3, -0.25) is 24.2 Å². The van der Waals surface area contributed by atoms with Crippen molar-refractivity contribution in [1.29, 1.82) is 0 Å². The van der Waals surface area contributed by atoms with Crippen LogP contribution in [0.5, 0.6) is 5.75 Å². The number of ether oxygens (including phenoxy) is 2. The molecule has 3 aliphatic rings. The highest BCUT2D eigenvalue weighted by molar-refractivity contribution is 6.24. The Morgan fingerprint density at radius 3 is 2.26 bits per heavy atom. The van der Waals surface area contributed by atoms with Crippen LogP contribution in [0, 0.1) is 11.8 Å². The number of Topliss-reactive ketones (excluding diaryl/α,β-unsaturated/α-hetero) is 1. The summed E-state index contributed by atoms with van der Waals surface area (Å²) >= 11 is 0. The molecule has 0 bridgehead atoms. The van der Waals surface area contributed by atoms with E-state index in [4.69, 9.17) is 9.47 Å². The van der Waals surface area contributed by atoms with E-state index >= 15 is 0 Å². The van der Waals surface area contributed by atoms with Crippen molar-refractivity contribution in [2.75, 3.05) is 11.5 Å². The van der Waals surface area contributed by atoms with E-state index in [1.165, 1.54) is 66.7 Å². The molecule has 5 rings (SSSR count). The van der Waals surface area contributed by atoms with Gasteiger partial charge in [0, 0.05) is 18.7 Å². The number of fused-ring (bicyclic) bond motifs is 3. The topological polar surface area (TPSA) is 123 Å². The van der Waals surface area contributed by atoms with Crippen LogP contribution in [0.3, 0.4) is 0 Å². The summed E-state index contributed by atoms with van der Waals surface area (Å²) in [5, 5.41) is 5.87. The number of rotatable bonds is 8. The molecule has 3 heterocycles. The Bertz CT molecular complexity index is 1380. The molecule has 2 saturated heterocycles. The van der Waals surface area contributed by atoms with Crippen LogP contribution < -0.4 is 9.64 Å².